The second kappa shape index (κ2) is 8.41. The van der Waals surface area contributed by atoms with Crippen LogP contribution in [-0.2, 0) is 14.8 Å². The van der Waals surface area contributed by atoms with Crippen molar-refractivity contribution in [2.75, 3.05) is 11.4 Å². The molecule has 0 aromatic heterocycles. The second-order valence-electron chi connectivity index (χ2n) is 6.66. The third-order valence-corrected chi connectivity index (χ3v) is 5.89. The first-order valence-corrected chi connectivity index (χ1v) is 10.8. The Morgan fingerprint density at radius 2 is 1.68 bits per heavy atom. The molecular weight excluding hydrogens is 416 g/mol. The van der Waals surface area contributed by atoms with Gasteiger partial charge in [-0.3, -0.25) is 4.79 Å². The highest BCUT2D eigenvalue weighted by atomic mass is 32.2. The minimum absolute atomic E-state index is 0.0357. The largest absolute Gasteiger partial charge is 0.507 e. The fourth-order valence-electron chi connectivity index (χ4n) is 3.13. The summed E-state index contributed by atoms with van der Waals surface area (Å²) >= 11 is 0. The number of nitrogens with one attached hydrogen (secondary N) is 1. The lowest BCUT2D eigenvalue weighted by Crippen LogP contribution is -2.39. The molecule has 1 aliphatic heterocycles. The molecule has 9 heteroatoms. The number of amides is 1. The summed E-state index contributed by atoms with van der Waals surface area (Å²) in [5, 5.41) is 13.6. The van der Waals surface area contributed by atoms with Gasteiger partial charge in [-0.05, 0) is 36.4 Å². The number of carbonyl (C=O) groups is 1. The molecule has 0 aliphatic carbocycles. The van der Waals surface area contributed by atoms with Gasteiger partial charge in [-0.25, -0.2) is 5.43 Å². The van der Waals surface area contributed by atoms with Crippen LogP contribution in [0.4, 0.5) is 5.69 Å². The standard InChI is InChI=1S/C22H18N4O4S/c27-19-12-6-4-8-16(19)14-23-24-21(28)15-26(17-9-2-1-3-10-17)22-18-11-5-7-13-20(18)31(29,30)25-22/h1-14,27H,15H2,(H,24,28)/b23-14-. The van der Waals surface area contributed by atoms with E-state index >= 15 is 0 Å². The number of sulfonamides is 1. The molecular formula is C22H18N4O4S. The van der Waals surface area contributed by atoms with Crippen LogP contribution < -0.4 is 10.3 Å². The van der Waals surface area contributed by atoms with Crippen molar-refractivity contribution in [3.05, 3.63) is 90.0 Å². The van der Waals surface area contributed by atoms with Crippen molar-refractivity contribution < 1.29 is 18.3 Å². The molecule has 156 valence electrons. The number of anilines is 1. The van der Waals surface area contributed by atoms with E-state index in [0.717, 1.165) is 0 Å². The Morgan fingerprint density at radius 1 is 1.00 bits per heavy atom. The fourth-order valence-corrected chi connectivity index (χ4v) is 4.34. The average Bonchev–Trinajstić information content (AvgIpc) is 3.05. The number of hydrazone groups is 1. The maximum atomic E-state index is 12.6. The van der Waals surface area contributed by atoms with Crippen molar-refractivity contribution in [3.8, 4) is 5.75 Å². The smallest absolute Gasteiger partial charge is 0.285 e. The number of amidine groups is 1. The van der Waals surface area contributed by atoms with Crippen LogP contribution in [0.2, 0.25) is 0 Å². The predicted octanol–water partition coefficient (Wildman–Crippen LogP) is 2.50. The Hall–Kier alpha value is -3.98. The molecule has 2 N–H and O–H groups in total. The van der Waals surface area contributed by atoms with E-state index in [2.05, 4.69) is 14.9 Å². The number of benzene rings is 3. The van der Waals surface area contributed by atoms with Crippen molar-refractivity contribution in [2.45, 2.75) is 4.90 Å². The SMILES string of the molecule is O=C(CN(C1=NS(=O)(=O)c2ccccc21)c1ccccc1)N/N=C\c1ccccc1O. The molecule has 0 saturated heterocycles. The molecule has 0 fully saturated rings. The van der Waals surface area contributed by atoms with Crippen molar-refractivity contribution in [2.24, 2.45) is 9.50 Å². The quantitative estimate of drug-likeness (QED) is 0.473. The summed E-state index contributed by atoms with van der Waals surface area (Å²) in [5.74, 6) is -0.282. The van der Waals surface area contributed by atoms with E-state index in [1.165, 1.54) is 23.2 Å². The third-order valence-electron chi connectivity index (χ3n) is 4.57. The molecule has 0 bridgehead atoms. The Balaban J connectivity index is 1.60. The maximum Gasteiger partial charge on any atom is 0.285 e. The number of aromatic hydroxyl groups is 1. The van der Waals surface area contributed by atoms with Gasteiger partial charge >= 0.3 is 0 Å². The summed E-state index contributed by atoms with van der Waals surface area (Å²) in [7, 11) is -3.84. The molecule has 4 rings (SSSR count). The van der Waals surface area contributed by atoms with E-state index in [1.807, 2.05) is 6.07 Å². The minimum atomic E-state index is -3.84. The van der Waals surface area contributed by atoms with Crippen molar-refractivity contribution in [1.29, 1.82) is 0 Å². The predicted molar refractivity (Wildman–Crippen MR) is 118 cm³/mol. The van der Waals surface area contributed by atoms with Crippen LogP contribution in [-0.4, -0.2) is 38.0 Å². The lowest BCUT2D eigenvalue weighted by molar-refractivity contribution is -0.119. The molecule has 1 amide bonds. The molecule has 0 atom stereocenters. The number of para-hydroxylation sites is 2. The highest BCUT2D eigenvalue weighted by Gasteiger charge is 2.33. The zero-order valence-electron chi connectivity index (χ0n) is 16.2. The van der Waals surface area contributed by atoms with E-state index in [0.29, 0.717) is 16.8 Å². The van der Waals surface area contributed by atoms with Gasteiger partial charge in [-0.2, -0.15) is 13.5 Å². The monoisotopic (exact) mass is 434 g/mol. The van der Waals surface area contributed by atoms with Crippen LogP contribution in [0.15, 0.2) is 93.3 Å². The number of rotatable bonds is 5. The van der Waals surface area contributed by atoms with Gasteiger partial charge in [0.15, 0.2) is 5.84 Å². The van der Waals surface area contributed by atoms with Crippen LogP contribution in [0.5, 0.6) is 5.75 Å². The summed E-state index contributed by atoms with van der Waals surface area (Å²) in [6, 6.07) is 22.0. The normalized spacial score (nSPS) is 14.1. The first-order valence-electron chi connectivity index (χ1n) is 9.32. The Labute approximate surface area is 179 Å². The first kappa shape index (κ1) is 20.3. The third kappa shape index (κ3) is 4.31. The van der Waals surface area contributed by atoms with Gasteiger partial charge in [0.05, 0.1) is 6.21 Å². The summed E-state index contributed by atoms with van der Waals surface area (Å²) < 4.78 is 28.9. The summed E-state index contributed by atoms with van der Waals surface area (Å²) in [6.45, 7) is -0.217. The zero-order valence-corrected chi connectivity index (χ0v) is 17.0. The molecule has 0 unspecified atom stereocenters. The van der Waals surface area contributed by atoms with Crippen LogP contribution in [0, 0.1) is 0 Å². The number of hydrogen-bond donors (Lipinski definition) is 2. The molecule has 0 saturated carbocycles. The van der Waals surface area contributed by atoms with Gasteiger partial charge < -0.3 is 10.0 Å². The number of phenols is 1. The fraction of sp³-hybridized carbons (Fsp3) is 0.0455. The molecule has 3 aromatic carbocycles. The van der Waals surface area contributed by atoms with Gasteiger partial charge in [0, 0.05) is 16.8 Å². The van der Waals surface area contributed by atoms with E-state index in [4.69, 9.17) is 0 Å². The number of phenolic OH excluding ortho intramolecular Hbond substituents is 1. The average molecular weight is 434 g/mol. The van der Waals surface area contributed by atoms with Crippen molar-refractivity contribution in [1.82, 2.24) is 5.43 Å². The van der Waals surface area contributed by atoms with E-state index < -0.39 is 15.9 Å². The summed E-state index contributed by atoms with van der Waals surface area (Å²) in [6.07, 6.45) is 1.33. The topological polar surface area (TPSA) is 111 Å². The summed E-state index contributed by atoms with van der Waals surface area (Å²) in [5.41, 5.74) is 3.88. The minimum Gasteiger partial charge on any atom is -0.507 e. The molecule has 0 radical (unpaired) electrons. The van der Waals surface area contributed by atoms with Gasteiger partial charge in [0.1, 0.15) is 17.2 Å². The van der Waals surface area contributed by atoms with Crippen molar-refractivity contribution >= 4 is 33.7 Å². The van der Waals surface area contributed by atoms with Gasteiger partial charge in [-0.1, -0.05) is 42.5 Å². The van der Waals surface area contributed by atoms with Gasteiger partial charge in [0.25, 0.3) is 15.9 Å². The van der Waals surface area contributed by atoms with Crippen molar-refractivity contribution in [3.63, 3.8) is 0 Å². The van der Waals surface area contributed by atoms with Crippen LogP contribution in [0.25, 0.3) is 0 Å². The number of nitrogens with zero attached hydrogens (tertiary/aromatic N) is 3. The summed E-state index contributed by atoms with van der Waals surface area (Å²) in [4.78, 5) is 14.2. The van der Waals surface area contributed by atoms with Crippen LogP contribution in [0.3, 0.4) is 0 Å². The molecule has 0 spiro atoms. The molecule has 8 nitrogen and oxygen atoms in total. The molecule has 1 heterocycles. The molecule has 3 aromatic rings. The highest BCUT2D eigenvalue weighted by Crippen LogP contribution is 2.29. The second-order valence-corrected chi connectivity index (χ2v) is 8.23. The van der Waals surface area contributed by atoms with E-state index in [-0.39, 0.29) is 23.0 Å². The zero-order chi connectivity index (χ0) is 21.8. The Morgan fingerprint density at radius 3 is 2.45 bits per heavy atom. The first-order chi connectivity index (χ1) is 15.0. The maximum absolute atomic E-state index is 12.6. The number of fused-ring (bicyclic) bond motifs is 1. The highest BCUT2D eigenvalue weighted by molar-refractivity contribution is 7.90. The lowest BCUT2D eigenvalue weighted by Gasteiger charge is -2.23. The molecule has 1 aliphatic rings. The van der Waals surface area contributed by atoms with Crippen LogP contribution >= 0.6 is 0 Å². The number of hydrogen-bond acceptors (Lipinski definition) is 6. The molecule has 31 heavy (non-hydrogen) atoms. The Bertz CT molecular complexity index is 1290. The van der Waals surface area contributed by atoms with Crippen LogP contribution in [0.1, 0.15) is 11.1 Å². The number of carbonyl (C=O) groups excluding carboxylic acids is 1. The van der Waals surface area contributed by atoms with Gasteiger partial charge in [0.2, 0.25) is 0 Å². The lowest BCUT2D eigenvalue weighted by atomic mass is 10.1. The van der Waals surface area contributed by atoms with E-state index in [9.17, 15) is 18.3 Å². The Kier molecular flexibility index (Phi) is 5.50. The van der Waals surface area contributed by atoms with E-state index in [1.54, 1.807) is 60.7 Å². The van der Waals surface area contributed by atoms with Gasteiger partial charge in [-0.15, -0.1) is 4.40 Å².